The van der Waals surface area contributed by atoms with Gasteiger partial charge in [-0.05, 0) is 11.6 Å². The van der Waals surface area contributed by atoms with Crippen molar-refractivity contribution in [3.8, 4) is 11.5 Å². The molecule has 2 atom stereocenters. The van der Waals surface area contributed by atoms with E-state index in [4.69, 9.17) is 14.2 Å². The van der Waals surface area contributed by atoms with Gasteiger partial charge in [-0.25, -0.2) is 0 Å². The number of morpholine rings is 1. The van der Waals surface area contributed by atoms with E-state index in [9.17, 15) is 9.90 Å². The minimum absolute atomic E-state index is 0.0470. The zero-order valence-corrected chi connectivity index (χ0v) is 15.1. The highest BCUT2D eigenvalue weighted by Crippen LogP contribution is 2.49. The Morgan fingerprint density at radius 1 is 1.38 bits per heavy atom. The molecule has 3 aliphatic rings. The molecule has 0 unspecified atom stereocenters. The quantitative estimate of drug-likeness (QED) is 0.832. The summed E-state index contributed by atoms with van der Waals surface area (Å²) in [6.07, 6.45) is 0. The molecule has 0 saturated carbocycles. The predicted octanol–water partition coefficient (Wildman–Crippen LogP) is 0.324. The average Bonchev–Trinajstić information content (AvgIpc) is 3.07. The van der Waals surface area contributed by atoms with Gasteiger partial charge in [0.25, 0.3) is 0 Å². The Kier molecular flexibility index (Phi) is 4.77. The second-order valence-electron chi connectivity index (χ2n) is 7.43. The molecule has 0 bridgehead atoms. The molecule has 26 heavy (non-hydrogen) atoms. The van der Waals surface area contributed by atoms with Crippen LogP contribution in [0, 0.1) is 5.41 Å². The Balaban J connectivity index is 1.51. The van der Waals surface area contributed by atoms with Gasteiger partial charge in [0.2, 0.25) is 5.91 Å². The van der Waals surface area contributed by atoms with E-state index in [0.29, 0.717) is 46.0 Å². The highest BCUT2D eigenvalue weighted by Gasteiger charge is 2.51. The van der Waals surface area contributed by atoms with Gasteiger partial charge >= 0.3 is 0 Å². The Bertz CT molecular complexity index is 676. The maximum Gasteiger partial charge on any atom is 0.236 e. The van der Waals surface area contributed by atoms with Crippen LogP contribution < -0.4 is 9.47 Å². The predicted molar refractivity (Wildman–Crippen MR) is 94.6 cm³/mol. The molecule has 2 fully saturated rings. The van der Waals surface area contributed by atoms with Gasteiger partial charge in [-0.2, -0.15) is 0 Å². The van der Waals surface area contributed by atoms with Crippen LogP contribution in [-0.2, 0) is 9.53 Å². The molecule has 142 valence electrons. The third-order valence-corrected chi connectivity index (χ3v) is 5.87. The lowest BCUT2D eigenvalue weighted by Gasteiger charge is -2.38. The monoisotopic (exact) mass is 362 g/mol. The lowest BCUT2D eigenvalue weighted by atomic mass is 9.74. The van der Waals surface area contributed by atoms with Crippen molar-refractivity contribution in [2.75, 3.05) is 66.3 Å². The van der Waals surface area contributed by atoms with Crippen molar-refractivity contribution in [2.24, 2.45) is 5.41 Å². The molecule has 1 aromatic carbocycles. The maximum atomic E-state index is 12.6. The molecule has 1 amide bonds. The van der Waals surface area contributed by atoms with Gasteiger partial charge in [-0.3, -0.25) is 9.69 Å². The van der Waals surface area contributed by atoms with Crippen LogP contribution in [-0.4, -0.2) is 87.1 Å². The number of rotatable bonds is 4. The molecule has 3 heterocycles. The summed E-state index contributed by atoms with van der Waals surface area (Å²) in [6, 6.07) is 5.85. The lowest BCUT2D eigenvalue weighted by molar-refractivity contribution is -0.136. The highest BCUT2D eigenvalue weighted by molar-refractivity contribution is 5.78. The van der Waals surface area contributed by atoms with E-state index in [1.165, 1.54) is 0 Å². The number of methoxy groups -OCH3 is 1. The number of ether oxygens (including phenoxy) is 3. The summed E-state index contributed by atoms with van der Waals surface area (Å²) in [6.45, 7) is 4.83. The first kappa shape index (κ1) is 17.6. The zero-order chi connectivity index (χ0) is 18.1. The van der Waals surface area contributed by atoms with Gasteiger partial charge in [-0.1, -0.05) is 6.07 Å². The van der Waals surface area contributed by atoms with Gasteiger partial charge in [0.05, 0.1) is 40.1 Å². The van der Waals surface area contributed by atoms with Gasteiger partial charge < -0.3 is 24.2 Å². The van der Waals surface area contributed by atoms with Crippen molar-refractivity contribution in [1.29, 1.82) is 0 Å². The van der Waals surface area contributed by atoms with E-state index in [0.717, 1.165) is 23.6 Å². The summed E-state index contributed by atoms with van der Waals surface area (Å²) < 4.78 is 16.6. The van der Waals surface area contributed by atoms with E-state index in [-0.39, 0.29) is 23.8 Å². The fraction of sp³-hybridized carbons (Fsp3) is 0.632. The largest absolute Gasteiger partial charge is 0.497 e. The molecule has 7 heteroatoms. The van der Waals surface area contributed by atoms with Gasteiger partial charge in [0.1, 0.15) is 11.5 Å². The number of aliphatic hydroxyl groups excluding tert-OH is 1. The molecule has 3 aliphatic heterocycles. The van der Waals surface area contributed by atoms with Crippen molar-refractivity contribution < 1.29 is 24.1 Å². The summed E-state index contributed by atoms with van der Waals surface area (Å²) in [5, 5.41) is 10.1. The van der Waals surface area contributed by atoms with Gasteiger partial charge in [0, 0.05) is 43.6 Å². The smallest absolute Gasteiger partial charge is 0.236 e. The van der Waals surface area contributed by atoms with Crippen LogP contribution in [0.25, 0.3) is 0 Å². The fourth-order valence-corrected chi connectivity index (χ4v) is 4.35. The van der Waals surface area contributed by atoms with E-state index in [1.807, 2.05) is 23.1 Å². The van der Waals surface area contributed by atoms with Crippen molar-refractivity contribution >= 4 is 5.91 Å². The van der Waals surface area contributed by atoms with Crippen molar-refractivity contribution in [3.05, 3.63) is 23.8 Å². The number of aliphatic hydroxyl groups is 1. The number of hydrogen-bond donors (Lipinski definition) is 1. The standard InChI is InChI=1S/C19H26N2O5/c1-24-14-2-3-15-16-9-20(10-18(23)21-4-6-25-7-5-21)11-19(16,12-22)13-26-17(15)8-14/h2-3,8,16,22H,4-7,9-13H2,1H3/t16-,19-/m1/s1. The first-order valence-electron chi connectivity index (χ1n) is 9.15. The molecule has 7 nitrogen and oxygen atoms in total. The van der Waals surface area contributed by atoms with E-state index < -0.39 is 0 Å². The molecule has 0 spiro atoms. The number of amides is 1. The number of nitrogens with zero attached hydrogens (tertiary/aromatic N) is 2. The second-order valence-corrected chi connectivity index (χ2v) is 7.43. The van der Waals surface area contributed by atoms with Crippen LogP contribution in [0.15, 0.2) is 18.2 Å². The van der Waals surface area contributed by atoms with Crippen LogP contribution in [0.1, 0.15) is 11.5 Å². The van der Waals surface area contributed by atoms with Crippen LogP contribution in [0.5, 0.6) is 11.5 Å². The topological polar surface area (TPSA) is 71.5 Å². The van der Waals surface area contributed by atoms with Crippen LogP contribution in [0.3, 0.4) is 0 Å². The van der Waals surface area contributed by atoms with Crippen LogP contribution >= 0.6 is 0 Å². The summed E-state index contributed by atoms with van der Waals surface area (Å²) in [4.78, 5) is 16.6. The van der Waals surface area contributed by atoms with Gasteiger partial charge in [0.15, 0.2) is 0 Å². The van der Waals surface area contributed by atoms with Crippen LogP contribution in [0.4, 0.5) is 0 Å². The Morgan fingerprint density at radius 2 is 2.19 bits per heavy atom. The maximum absolute atomic E-state index is 12.6. The van der Waals surface area contributed by atoms with Gasteiger partial charge in [-0.15, -0.1) is 0 Å². The lowest BCUT2D eigenvalue weighted by Crippen LogP contribution is -2.46. The summed E-state index contributed by atoms with van der Waals surface area (Å²) in [5.74, 6) is 1.87. The summed E-state index contributed by atoms with van der Waals surface area (Å²) in [5.41, 5.74) is 0.736. The van der Waals surface area contributed by atoms with Crippen LogP contribution in [0.2, 0.25) is 0 Å². The molecule has 4 rings (SSSR count). The summed E-state index contributed by atoms with van der Waals surface area (Å²) >= 11 is 0. The average molecular weight is 362 g/mol. The van der Waals surface area contributed by atoms with E-state index in [2.05, 4.69) is 4.90 Å². The number of carbonyl (C=O) groups is 1. The molecule has 0 radical (unpaired) electrons. The normalized spacial score (nSPS) is 28.2. The number of likely N-dealkylation sites (tertiary alicyclic amines) is 1. The Hall–Kier alpha value is -1.83. The van der Waals surface area contributed by atoms with Crippen molar-refractivity contribution in [1.82, 2.24) is 9.80 Å². The molecular formula is C19H26N2O5. The first-order chi connectivity index (χ1) is 12.6. The van der Waals surface area contributed by atoms with E-state index >= 15 is 0 Å². The molecule has 1 aromatic rings. The third-order valence-electron chi connectivity index (χ3n) is 5.87. The molecule has 2 saturated heterocycles. The first-order valence-corrected chi connectivity index (χ1v) is 9.15. The fourth-order valence-electron chi connectivity index (χ4n) is 4.35. The molecular weight excluding hydrogens is 336 g/mol. The molecule has 0 aromatic heterocycles. The minimum Gasteiger partial charge on any atom is -0.497 e. The summed E-state index contributed by atoms with van der Waals surface area (Å²) in [7, 11) is 1.64. The van der Waals surface area contributed by atoms with Crippen molar-refractivity contribution in [3.63, 3.8) is 0 Å². The number of fused-ring (bicyclic) bond motifs is 3. The minimum atomic E-state index is -0.354. The Labute approximate surface area is 153 Å². The second kappa shape index (κ2) is 7.06. The highest BCUT2D eigenvalue weighted by atomic mass is 16.5. The number of carbonyl (C=O) groups excluding carboxylic acids is 1. The SMILES string of the molecule is COc1ccc2c(c1)OC[C@]1(CO)CN(CC(=O)N3CCOCC3)C[C@H]21. The zero-order valence-electron chi connectivity index (χ0n) is 15.1. The molecule has 1 N–H and O–H groups in total. The number of benzene rings is 1. The van der Waals surface area contributed by atoms with E-state index in [1.54, 1.807) is 7.11 Å². The van der Waals surface area contributed by atoms with Crippen molar-refractivity contribution in [2.45, 2.75) is 5.92 Å². The number of hydrogen-bond acceptors (Lipinski definition) is 6. The third kappa shape index (κ3) is 3.04. The molecule has 0 aliphatic carbocycles. The Morgan fingerprint density at radius 3 is 2.92 bits per heavy atom.